The second-order valence-corrected chi connectivity index (χ2v) is 4.36. The highest BCUT2D eigenvalue weighted by Crippen LogP contribution is 2.20. The van der Waals surface area contributed by atoms with E-state index in [0.29, 0.717) is 5.92 Å². The number of hydrogen-bond donors (Lipinski definition) is 1. The molecule has 1 aliphatic heterocycles. The SMILES string of the molecule is C=C(CC)CN1CCC(O)C(CC)C1. The van der Waals surface area contributed by atoms with E-state index in [0.717, 1.165) is 38.9 Å². The van der Waals surface area contributed by atoms with Gasteiger partial charge in [0.25, 0.3) is 0 Å². The largest absolute Gasteiger partial charge is 0.393 e. The van der Waals surface area contributed by atoms with Gasteiger partial charge in [0.1, 0.15) is 0 Å². The summed E-state index contributed by atoms with van der Waals surface area (Å²) >= 11 is 0. The summed E-state index contributed by atoms with van der Waals surface area (Å²) in [6, 6.07) is 0. The number of hydrogen-bond acceptors (Lipinski definition) is 2. The van der Waals surface area contributed by atoms with Crippen LogP contribution in [0.4, 0.5) is 0 Å². The van der Waals surface area contributed by atoms with Gasteiger partial charge >= 0.3 is 0 Å². The van der Waals surface area contributed by atoms with Gasteiger partial charge in [0, 0.05) is 19.6 Å². The standard InChI is InChI=1S/C12H23NO/c1-4-10(3)8-13-7-6-12(14)11(5-2)9-13/h11-12,14H,3-9H2,1-2H3. The molecule has 0 bridgehead atoms. The van der Waals surface area contributed by atoms with Crippen LogP contribution in [0.15, 0.2) is 12.2 Å². The lowest BCUT2D eigenvalue weighted by Gasteiger charge is -2.36. The lowest BCUT2D eigenvalue weighted by molar-refractivity contribution is 0.0284. The minimum absolute atomic E-state index is 0.0776. The van der Waals surface area contributed by atoms with Crippen molar-refractivity contribution in [3.8, 4) is 0 Å². The number of aliphatic hydroxyl groups is 1. The predicted molar refractivity (Wildman–Crippen MR) is 60.3 cm³/mol. The molecule has 2 heteroatoms. The molecule has 0 aromatic heterocycles. The molecule has 0 aliphatic carbocycles. The summed E-state index contributed by atoms with van der Waals surface area (Å²) in [7, 11) is 0. The molecule has 1 heterocycles. The Hall–Kier alpha value is -0.340. The molecule has 0 aromatic rings. The molecule has 1 saturated heterocycles. The van der Waals surface area contributed by atoms with Crippen LogP contribution in [0.25, 0.3) is 0 Å². The predicted octanol–water partition coefficient (Wildman–Crippen LogP) is 2.05. The van der Waals surface area contributed by atoms with Crippen molar-refractivity contribution in [1.82, 2.24) is 4.90 Å². The zero-order valence-corrected chi connectivity index (χ0v) is 9.50. The van der Waals surface area contributed by atoms with Gasteiger partial charge in [-0.3, -0.25) is 4.90 Å². The Morgan fingerprint density at radius 3 is 2.79 bits per heavy atom. The molecule has 0 amide bonds. The fourth-order valence-corrected chi connectivity index (χ4v) is 2.07. The summed E-state index contributed by atoms with van der Waals surface area (Å²) < 4.78 is 0. The normalized spacial score (nSPS) is 29.1. The molecule has 2 atom stereocenters. The first-order valence-corrected chi connectivity index (χ1v) is 5.74. The molecule has 2 unspecified atom stereocenters. The van der Waals surface area contributed by atoms with Crippen LogP contribution in [0.1, 0.15) is 33.1 Å². The molecule has 0 radical (unpaired) electrons. The van der Waals surface area contributed by atoms with Gasteiger partial charge in [0.2, 0.25) is 0 Å². The molecule has 0 spiro atoms. The third-order valence-corrected chi connectivity index (χ3v) is 3.25. The number of aliphatic hydroxyl groups excluding tert-OH is 1. The highest BCUT2D eigenvalue weighted by Gasteiger charge is 2.25. The molecule has 82 valence electrons. The summed E-state index contributed by atoms with van der Waals surface area (Å²) in [5.74, 6) is 0.466. The monoisotopic (exact) mass is 197 g/mol. The minimum Gasteiger partial charge on any atom is -0.393 e. The summed E-state index contributed by atoms with van der Waals surface area (Å²) in [6.45, 7) is 11.4. The van der Waals surface area contributed by atoms with E-state index < -0.39 is 0 Å². The summed E-state index contributed by atoms with van der Waals surface area (Å²) in [5, 5.41) is 9.73. The summed E-state index contributed by atoms with van der Waals surface area (Å²) in [4.78, 5) is 2.42. The van der Waals surface area contributed by atoms with Crippen LogP contribution in [-0.4, -0.2) is 35.7 Å². The van der Waals surface area contributed by atoms with Crippen LogP contribution in [0, 0.1) is 5.92 Å². The third-order valence-electron chi connectivity index (χ3n) is 3.25. The fraction of sp³-hybridized carbons (Fsp3) is 0.833. The van der Waals surface area contributed by atoms with Crippen molar-refractivity contribution in [1.29, 1.82) is 0 Å². The molecule has 1 N–H and O–H groups in total. The number of piperidine rings is 1. The Balaban J connectivity index is 2.38. The minimum atomic E-state index is -0.0776. The van der Waals surface area contributed by atoms with Gasteiger partial charge in [-0.15, -0.1) is 0 Å². The van der Waals surface area contributed by atoms with Crippen LogP contribution >= 0.6 is 0 Å². The molecular weight excluding hydrogens is 174 g/mol. The summed E-state index contributed by atoms with van der Waals surface area (Å²) in [5.41, 5.74) is 1.30. The van der Waals surface area contributed by atoms with Crippen LogP contribution < -0.4 is 0 Å². The van der Waals surface area contributed by atoms with Crippen molar-refractivity contribution in [3.63, 3.8) is 0 Å². The average molecular weight is 197 g/mol. The van der Waals surface area contributed by atoms with Gasteiger partial charge in [-0.25, -0.2) is 0 Å². The van der Waals surface area contributed by atoms with Crippen molar-refractivity contribution in [2.75, 3.05) is 19.6 Å². The molecule has 1 rings (SSSR count). The van der Waals surface area contributed by atoms with Gasteiger partial charge < -0.3 is 5.11 Å². The van der Waals surface area contributed by atoms with Gasteiger partial charge in [0.15, 0.2) is 0 Å². The molecule has 0 aromatic carbocycles. The molecule has 1 aliphatic rings. The lowest BCUT2D eigenvalue weighted by Crippen LogP contribution is -2.43. The first-order chi connectivity index (χ1) is 6.67. The van der Waals surface area contributed by atoms with Gasteiger partial charge in [-0.05, 0) is 25.2 Å². The molecular formula is C12H23NO. The van der Waals surface area contributed by atoms with E-state index in [1.54, 1.807) is 0 Å². The molecule has 0 saturated carbocycles. The molecule has 1 fully saturated rings. The first kappa shape index (κ1) is 11.7. The maximum atomic E-state index is 9.73. The summed E-state index contributed by atoms with van der Waals surface area (Å²) in [6.07, 6.45) is 2.99. The zero-order chi connectivity index (χ0) is 10.6. The smallest absolute Gasteiger partial charge is 0.0592 e. The number of rotatable bonds is 4. The quantitative estimate of drug-likeness (QED) is 0.697. The van der Waals surface area contributed by atoms with E-state index in [1.807, 2.05) is 0 Å². The Kier molecular flexibility index (Phi) is 4.63. The van der Waals surface area contributed by atoms with Gasteiger partial charge in [-0.1, -0.05) is 26.0 Å². The van der Waals surface area contributed by atoms with Crippen molar-refractivity contribution < 1.29 is 5.11 Å². The maximum Gasteiger partial charge on any atom is 0.0592 e. The van der Waals surface area contributed by atoms with Crippen LogP contribution in [0.2, 0.25) is 0 Å². The Labute approximate surface area is 87.6 Å². The Morgan fingerprint density at radius 1 is 1.50 bits per heavy atom. The third kappa shape index (κ3) is 3.10. The van der Waals surface area contributed by atoms with Crippen LogP contribution in [-0.2, 0) is 0 Å². The second-order valence-electron chi connectivity index (χ2n) is 4.36. The van der Waals surface area contributed by atoms with Crippen molar-refractivity contribution >= 4 is 0 Å². The van der Waals surface area contributed by atoms with Gasteiger partial charge in [0.05, 0.1) is 6.10 Å². The number of likely N-dealkylation sites (tertiary alicyclic amines) is 1. The zero-order valence-electron chi connectivity index (χ0n) is 9.50. The second kappa shape index (κ2) is 5.52. The van der Waals surface area contributed by atoms with Crippen molar-refractivity contribution in [3.05, 3.63) is 12.2 Å². The first-order valence-electron chi connectivity index (χ1n) is 5.74. The van der Waals surface area contributed by atoms with E-state index in [4.69, 9.17) is 0 Å². The number of nitrogens with zero attached hydrogens (tertiary/aromatic N) is 1. The topological polar surface area (TPSA) is 23.5 Å². The van der Waals surface area contributed by atoms with E-state index in [2.05, 4.69) is 25.3 Å². The van der Waals surface area contributed by atoms with E-state index >= 15 is 0 Å². The van der Waals surface area contributed by atoms with Crippen molar-refractivity contribution in [2.24, 2.45) is 5.92 Å². The molecule has 14 heavy (non-hydrogen) atoms. The van der Waals surface area contributed by atoms with Crippen LogP contribution in [0.3, 0.4) is 0 Å². The van der Waals surface area contributed by atoms with E-state index in [1.165, 1.54) is 5.57 Å². The van der Waals surface area contributed by atoms with E-state index in [-0.39, 0.29) is 6.10 Å². The van der Waals surface area contributed by atoms with Crippen LogP contribution in [0.5, 0.6) is 0 Å². The van der Waals surface area contributed by atoms with Gasteiger partial charge in [-0.2, -0.15) is 0 Å². The Bertz CT molecular complexity index is 191. The Morgan fingerprint density at radius 2 is 2.21 bits per heavy atom. The molecule has 2 nitrogen and oxygen atoms in total. The van der Waals surface area contributed by atoms with Crippen molar-refractivity contribution in [2.45, 2.75) is 39.2 Å². The highest BCUT2D eigenvalue weighted by atomic mass is 16.3. The fourth-order valence-electron chi connectivity index (χ4n) is 2.07. The highest BCUT2D eigenvalue weighted by molar-refractivity contribution is 4.97. The average Bonchev–Trinajstić information content (AvgIpc) is 2.20. The van der Waals surface area contributed by atoms with E-state index in [9.17, 15) is 5.11 Å². The lowest BCUT2D eigenvalue weighted by atomic mass is 9.92. The maximum absolute atomic E-state index is 9.73.